The van der Waals surface area contributed by atoms with E-state index in [0.717, 1.165) is 0 Å². The van der Waals surface area contributed by atoms with E-state index in [9.17, 15) is 9.18 Å². The van der Waals surface area contributed by atoms with Gasteiger partial charge in [-0.1, -0.05) is 17.8 Å². The van der Waals surface area contributed by atoms with Gasteiger partial charge < -0.3 is 14.6 Å². The van der Waals surface area contributed by atoms with E-state index in [0.29, 0.717) is 10.7 Å². The maximum atomic E-state index is 13.7. The fourth-order valence-corrected chi connectivity index (χ4v) is 2.99. The third-order valence-corrected chi connectivity index (χ3v) is 4.44. The van der Waals surface area contributed by atoms with Crippen molar-refractivity contribution in [2.45, 2.75) is 38.0 Å². The summed E-state index contributed by atoms with van der Waals surface area (Å²) in [6, 6.07) is 4.57. The molecule has 1 aromatic heterocycles. The van der Waals surface area contributed by atoms with E-state index in [1.807, 2.05) is 18.4 Å². The van der Waals surface area contributed by atoms with E-state index in [1.54, 1.807) is 25.4 Å². The number of nitrogens with zero attached hydrogens (tertiary/aromatic N) is 3. The number of carbonyl (C=O) groups is 1. The highest BCUT2D eigenvalue weighted by Crippen LogP contribution is 2.22. The third-order valence-electron chi connectivity index (χ3n) is 3.48. The standard InChI is InChI=1S/C16H21FN4O2S/c1-10(2)21-9-18-20-16(21)24-8-15(22)19-11(3)12-5-6-14(23-4)13(17)7-12/h5-7,9-11H,8H2,1-4H3,(H,19,22). The molecule has 2 rings (SSSR count). The van der Waals surface area contributed by atoms with Crippen LogP contribution in [0.1, 0.15) is 38.4 Å². The van der Waals surface area contributed by atoms with Crippen molar-refractivity contribution < 1.29 is 13.9 Å². The predicted molar refractivity (Wildman–Crippen MR) is 90.6 cm³/mol. The molecule has 1 aromatic carbocycles. The maximum absolute atomic E-state index is 13.7. The minimum atomic E-state index is -0.449. The number of methoxy groups -OCH3 is 1. The molecule has 0 radical (unpaired) electrons. The third kappa shape index (κ3) is 4.47. The molecule has 0 aliphatic carbocycles. The minimum Gasteiger partial charge on any atom is -0.494 e. The SMILES string of the molecule is COc1ccc(C(C)NC(=O)CSc2nncn2C(C)C)cc1F. The Bertz CT molecular complexity index is 705. The number of carbonyl (C=O) groups excluding carboxylic acids is 1. The second-order valence-corrected chi connectivity index (χ2v) is 6.53. The number of thioether (sulfide) groups is 1. The molecule has 1 heterocycles. The normalized spacial score (nSPS) is 12.2. The lowest BCUT2D eigenvalue weighted by atomic mass is 10.1. The average molecular weight is 352 g/mol. The van der Waals surface area contributed by atoms with Crippen molar-refractivity contribution in [1.29, 1.82) is 0 Å². The van der Waals surface area contributed by atoms with Gasteiger partial charge in [0.05, 0.1) is 18.9 Å². The molecule has 0 fully saturated rings. The Morgan fingerprint density at radius 1 is 1.42 bits per heavy atom. The number of hydrogen-bond acceptors (Lipinski definition) is 5. The zero-order valence-electron chi connectivity index (χ0n) is 14.1. The van der Waals surface area contributed by atoms with E-state index in [1.165, 1.54) is 24.9 Å². The van der Waals surface area contributed by atoms with Crippen LogP contribution in [0.5, 0.6) is 5.75 Å². The maximum Gasteiger partial charge on any atom is 0.230 e. The number of nitrogens with one attached hydrogen (secondary N) is 1. The molecule has 0 aliphatic rings. The Kier molecular flexibility index (Phi) is 6.19. The average Bonchev–Trinajstić information content (AvgIpc) is 3.01. The molecule has 1 atom stereocenters. The van der Waals surface area contributed by atoms with Gasteiger partial charge in [0.2, 0.25) is 5.91 Å². The predicted octanol–water partition coefficient (Wildman–Crippen LogP) is 2.98. The topological polar surface area (TPSA) is 69.0 Å². The Morgan fingerprint density at radius 2 is 2.17 bits per heavy atom. The summed E-state index contributed by atoms with van der Waals surface area (Å²) in [4.78, 5) is 12.1. The number of ether oxygens (including phenoxy) is 1. The number of halogens is 1. The van der Waals surface area contributed by atoms with Crippen LogP contribution in [0.15, 0.2) is 29.7 Å². The molecule has 0 spiro atoms. The summed E-state index contributed by atoms with van der Waals surface area (Å²) in [7, 11) is 1.41. The van der Waals surface area contributed by atoms with Gasteiger partial charge in [0.25, 0.3) is 0 Å². The summed E-state index contributed by atoms with van der Waals surface area (Å²) in [6.45, 7) is 5.85. The van der Waals surface area contributed by atoms with Gasteiger partial charge in [-0.05, 0) is 38.5 Å². The molecule has 6 nitrogen and oxygen atoms in total. The Hall–Kier alpha value is -2.09. The van der Waals surface area contributed by atoms with Crippen LogP contribution in [0.25, 0.3) is 0 Å². The van der Waals surface area contributed by atoms with Crippen LogP contribution in [0.3, 0.4) is 0 Å². The molecular weight excluding hydrogens is 331 g/mol. The van der Waals surface area contributed by atoms with Crippen LogP contribution in [-0.2, 0) is 4.79 Å². The smallest absolute Gasteiger partial charge is 0.230 e. The molecule has 8 heteroatoms. The molecule has 0 saturated heterocycles. The first kappa shape index (κ1) is 18.3. The molecular formula is C16H21FN4O2S. The van der Waals surface area contributed by atoms with Crippen LogP contribution in [0.4, 0.5) is 4.39 Å². The Balaban J connectivity index is 1.92. The van der Waals surface area contributed by atoms with Crippen LogP contribution in [-0.4, -0.2) is 33.5 Å². The first-order chi connectivity index (χ1) is 11.4. The Labute approximate surface area is 144 Å². The summed E-state index contributed by atoms with van der Waals surface area (Å²) in [5.41, 5.74) is 0.678. The Morgan fingerprint density at radius 3 is 2.79 bits per heavy atom. The first-order valence-electron chi connectivity index (χ1n) is 7.57. The second kappa shape index (κ2) is 8.14. The summed E-state index contributed by atoms with van der Waals surface area (Å²) in [5.74, 6) is -0.201. The van der Waals surface area contributed by atoms with E-state index in [4.69, 9.17) is 4.74 Å². The first-order valence-corrected chi connectivity index (χ1v) is 8.56. The van der Waals surface area contributed by atoms with Crippen LogP contribution in [0, 0.1) is 5.82 Å². The molecule has 1 unspecified atom stereocenters. The summed E-state index contributed by atoms with van der Waals surface area (Å²) < 4.78 is 20.5. The molecule has 0 saturated carbocycles. The van der Waals surface area contributed by atoms with Crippen molar-refractivity contribution in [3.8, 4) is 5.75 Å². The van der Waals surface area contributed by atoms with E-state index in [2.05, 4.69) is 15.5 Å². The van der Waals surface area contributed by atoms with Crippen LogP contribution in [0.2, 0.25) is 0 Å². The van der Waals surface area contributed by atoms with Crippen molar-refractivity contribution in [2.24, 2.45) is 0 Å². The van der Waals surface area contributed by atoms with Crippen molar-refractivity contribution in [3.63, 3.8) is 0 Å². The molecule has 1 amide bonds. The van der Waals surface area contributed by atoms with Gasteiger partial charge in [0, 0.05) is 6.04 Å². The van der Waals surface area contributed by atoms with Gasteiger partial charge in [-0.25, -0.2) is 4.39 Å². The van der Waals surface area contributed by atoms with Gasteiger partial charge in [-0.2, -0.15) is 0 Å². The quantitative estimate of drug-likeness (QED) is 0.776. The molecule has 0 aliphatic heterocycles. The van der Waals surface area contributed by atoms with E-state index < -0.39 is 5.82 Å². The van der Waals surface area contributed by atoms with Crippen LogP contribution >= 0.6 is 11.8 Å². The van der Waals surface area contributed by atoms with Gasteiger partial charge in [0.15, 0.2) is 16.7 Å². The van der Waals surface area contributed by atoms with Crippen molar-refractivity contribution in [2.75, 3.05) is 12.9 Å². The number of hydrogen-bond donors (Lipinski definition) is 1. The zero-order chi connectivity index (χ0) is 17.7. The van der Waals surface area contributed by atoms with Crippen molar-refractivity contribution >= 4 is 17.7 Å². The fraction of sp³-hybridized carbons (Fsp3) is 0.438. The second-order valence-electron chi connectivity index (χ2n) is 5.59. The molecule has 130 valence electrons. The number of benzene rings is 1. The lowest BCUT2D eigenvalue weighted by Crippen LogP contribution is -2.28. The van der Waals surface area contributed by atoms with E-state index >= 15 is 0 Å². The fourth-order valence-electron chi connectivity index (χ4n) is 2.14. The molecule has 2 aromatic rings. The number of aromatic nitrogens is 3. The molecule has 24 heavy (non-hydrogen) atoms. The van der Waals surface area contributed by atoms with Crippen molar-refractivity contribution in [1.82, 2.24) is 20.1 Å². The number of rotatable bonds is 7. The zero-order valence-corrected chi connectivity index (χ0v) is 14.9. The summed E-state index contributed by atoms with van der Waals surface area (Å²) in [5, 5.41) is 11.4. The van der Waals surface area contributed by atoms with E-state index in [-0.39, 0.29) is 29.5 Å². The highest BCUT2D eigenvalue weighted by atomic mass is 32.2. The van der Waals surface area contributed by atoms with Gasteiger partial charge in [-0.3, -0.25) is 4.79 Å². The summed E-state index contributed by atoms with van der Waals surface area (Å²) >= 11 is 1.32. The highest BCUT2D eigenvalue weighted by molar-refractivity contribution is 7.99. The lowest BCUT2D eigenvalue weighted by molar-refractivity contribution is -0.119. The largest absolute Gasteiger partial charge is 0.494 e. The lowest BCUT2D eigenvalue weighted by Gasteiger charge is -2.15. The van der Waals surface area contributed by atoms with Gasteiger partial charge in [0.1, 0.15) is 6.33 Å². The molecule has 0 bridgehead atoms. The monoisotopic (exact) mass is 352 g/mol. The highest BCUT2D eigenvalue weighted by Gasteiger charge is 2.14. The van der Waals surface area contributed by atoms with Crippen LogP contribution < -0.4 is 10.1 Å². The summed E-state index contributed by atoms with van der Waals surface area (Å²) in [6.07, 6.45) is 1.65. The minimum absolute atomic E-state index is 0.151. The van der Waals surface area contributed by atoms with Crippen molar-refractivity contribution in [3.05, 3.63) is 35.9 Å². The molecule has 1 N–H and O–H groups in total. The number of amides is 1. The van der Waals surface area contributed by atoms with Gasteiger partial charge >= 0.3 is 0 Å². The van der Waals surface area contributed by atoms with Gasteiger partial charge in [-0.15, -0.1) is 10.2 Å².